The summed E-state index contributed by atoms with van der Waals surface area (Å²) in [6, 6.07) is -1.79. The number of aliphatic hydroxyl groups excluding tert-OH is 18. The molecule has 1 amide bonds. The van der Waals surface area contributed by atoms with Gasteiger partial charge in [0.05, 0.1) is 39.1 Å². The molecule has 69 heavy (non-hydrogen) atoms. The Morgan fingerprint density at radius 2 is 0.768 bits per heavy atom. The Kier molecular flexibility index (Phi) is 19.8. The van der Waals surface area contributed by atoms with Gasteiger partial charge in [-0.05, 0) is 6.92 Å². The lowest BCUT2D eigenvalue weighted by Gasteiger charge is -2.50. The molecule has 0 aromatic rings. The largest absolute Gasteiger partial charge is 0.394 e. The van der Waals surface area contributed by atoms with Gasteiger partial charge in [0.15, 0.2) is 37.7 Å². The summed E-state index contributed by atoms with van der Waals surface area (Å²) in [6.07, 6.45) is -54.2. The van der Waals surface area contributed by atoms with Gasteiger partial charge in [0.1, 0.15) is 140 Å². The van der Waals surface area contributed by atoms with Crippen LogP contribution in [0.2, 0.25) is 0 Å². The lowest BCUT2D eigenvalue weighted by molar-refractivity contribution is -0.394. The third-order valence-electron chi connectivity index (χ3n) is 12.8. The molecular formula is C38H65NO30. The zero-order valence-corrected chi connectivity index (χ0v) is 36.8. The Balaban J connectivity index is 1.22. The van der Waals surface area contributed by atoms with Crippen molar-refractivity contribution < 1.29 is 149 Å². The van der Waals surface area contributed by atoms with Gasteiger partial charge < -0.3 is 149 Å². The predicted molar refractivity (Wildman–Crippen MR) is 209 cm³/mol. The summed E-state index contributed by atoms with van der Waals surface area (Å²) in [5, 5.41) is 194. The summed E-state index contributed by atoms with van der Waals surface area (Å²) in [5.74, 6) is -0.853. The fraction of sp³-hybridized carbons (Fsp3) is 0.974. The smallest absolute Gasteiger partial charge is 0.217 e. The topological polar surface area (TPSA) is 495 Å². The molecule has 0 bridgehead atoms. The maximum Gasteiger partial charge on any atom is 0.217 e. The third kappa shape index (κ3) is 11.8. The molecule has 6 heterocycles. The van der Waals surface area contributed by atoms with Crippen LogP contribution in [0.1, 0.15) is 13.8 Å². The number of amides is 1. The molecule has 0 aromatic carbocycles. The van der Waals surface area contributed by atoms with Crippen molar-refractivity contribution in [2.75, 3.05) is 33.0 Å². The minimum atomic E-state index is -2.22. The van der Waals surface area contributed by atoms with E-state index in [-0.39, 0.29) is 0 Å². The van der Waals surface area contributed by atoms with Crippen LogP contribution in [0.5, 0.6) is 0 Å². The first-order chi connectivity index (χ1) is 32.6. The van der Waals surface area contributed by atoms with Gasteiger partial charge >= 0.3 is 0 Å². The van der Waals surface area contributed by atoms with Crippen LogP contribution in [0.3, 0.4) is 0 Å². The summed E-state index contributed by atoms with van der Waals surface area (Å²) in [7, 11) is 0. The number of nitrogens with one attached hydrogen (secondary N) is 1. The SMILES string of the molecule is CC(=O)N[C@H]1[C@H](O[C@H]2[C@@H](O)[C@@H](CO)O[C@H](O[C@H]3[C@@H](O)[C@@H](CO)O[C@@H](O[C@H]4[C@H](O)[C@@H](O)C(O)O[C@@H]4CO)[C@@H]3O)[C@@H]2O)O[C@H](CO)[C@@H](O[C@@H]2O[C@H](CO)[C@H](O)[C@H](O)[C@H]2O[C@@H]2O[C@@H](C)[C@@H](O)[C@@H](O)[C@@H]2O)[C@@H]1O. The fourth-order valence-corrected chi connectivity index (χ4v) is 8.84. The molecule has 31 nitrogen and oxygen atoms in total. The number of carbonyl (C=O) groups excluding carboxylic acids is 1. The average molecular weight is 1020 g/mol. The highest BCUT2D eigenvalue weighted by atomic mass is 16.8. The number of carbonyl (C=O) groups is 1. The molecule has 6 aliphatic heterocycles. The predicted octanol–water partition coefficient (Wildman–Crippen LogP) is -12.9. The first-order valence-corrected chi connectivity index (χ1v) is 22.0. The molecule has 0 spiro atoms. The van der Waals surface area contributed by atoms with E-state index >= 15 is 0 Å². The van der Waals surface area contributed by atoms with Crippen LogP contribution in [0.25, 0.3) is 0 Å². The number of hydrogen-bond donors (Lipinski definition) is 19. The fourth-order valence-electron chi connectivity index (χ4n) is 8.84. The van der Waals surface area contributed by atoms with Gasteiger partial charge in [0, 0.05) is 6.92 Å². The van der Waals surface area contributed by atoms with Crippen LogP contribution in [-0.2, 0) is 56.9 Å². The highest BCUT2D eigenvalue weighted by Crippen LogP contribution is 2.37. The van der Waals surface area contributed by atoms with Crippen LogP contribution >= 0.6 is 0 Å². The zero-order chi connectivity index (χ0) is 50.9. The van der Waals surface area contributed by atoms with Crippen LogP contribution in [-0.4, -0.2) is 315 Å². The first kappa shape index (κ1) is 56.6. The number of hydrogen-bond acceptors (Lipinski definition) is 30. The van der Waals surface area contributed by atoms with Crippen molar-refractivity contribution in [3.05, 3.63) is 0 Å². The number of aliphatic hydroxyl groups is 18. The quantitative estimate of drug-likeness (QED) is 0.0682. The van der Waals surface area contributed by atoms with Gasteiger partial charge in [-0.15, -0.1) is 0 Å². The summed E-state index contributed by atoms with van der Waals surface area (Å²) in [6.45, 7) is -2.53. The van der Waals surface area contributed by atoms with Crippen molar-refractivity contribution in [3.8, 4) is 0 Å². The minimum Gasteiger partial charge on any atom is -0.394 e. The van der Waals surface area contributed by atoms with E-state index in [4.69, 9.17) is 52.1 Å². The highest BCUT2D eigenvalue weighted by molar-refractivity contribution is 5.73. The van der Waals surface area contributed by atoms with Crippen LogP contribution in [0, 0.1) is 0 Å². The van der Waals surface area contributed by atoms with E-state index in [1.165, 1.54) is 6.92 Å². The number of rotatable bonds is 16. The van der Waals surface area contributed by atoms with Crippen molar-refractivity contribution in [3.63, 3.8) is 0 Å². The van der Waals surface area contributed by atoms with E-state index in [2.05, 4.69) is 5.32 Å². The molecule has 402 valence electrons. The molecule has 6 rings (SSSR count). The van der Waals surface area contributed by atoms with Gasteiger partial charge in [-0.3, -0.25) is 4.79 Å². The van der Waals surface area contributed by atoms with Gasteiger partial charge in [-0.25, -0.2) is 0 Å². The van der Waals surface area contributed by atoms with Crippen molar-refractivity contribution >= 4 is 5.91 Å². The maximum absolute atomic E-state index is 12.6. The Bertz CT molecular complexity index is 1610. The second-order valence-electron chi connectivity index (χ2n) is 17.5. The third-order valence-corrected chi connectivity index (χ3v) is 12.8. The van der Waals surface area contributed by atoms with Crippen molar-refractivity contribution in [2.24, 2.45) is 0 Å². The van der Waals surface area contributed by atoms with E-state index in [9.17, 15) is 96.7 Å². The molecule has 6 fully saturated rings. The van der Waals surface area contributed by atoms with Crippen molar-refractivity contribution in [1.82, 2.24) is 5.32 Å². The Hall–Kier alpha value is -1.69. The maximum atomic E-state index is 12.6. The van der Waals surface area contributed by atoms with Crippen LogP contribution < -0.4 is 5.32 Å². The second-order valence-corrected chi connectivity index (χ2v) is 17.5. The average Bonchev–Trinajstić information content (AvgIpc) is 3.32. The number of ether oxygens (including phenoxy) is 11. The Labute approximate surface area is 390 Å². The van der Waals surface area contributed by atoms with E-state index in [1.54, 1.807) is 0 Å². The first-order valence-electron chi connectivity index (χ1n) is 22.0. The molecule has 0 aromatic heterocycles. The molecule has 0 saturated carbocycles. The van der Waals surface area contributed by atoms with Gasteiger partial charge in [-0.1, -0.05) is 0 Å². The second kappa shape index (κ2) is 24.1. The molecule has 30 atom stereocenters. The molecule has 6 aliphatic rings. The summed E-state index contributed by atoms with van der Waals surface area (Å²) in [5.41, 5.74) is 0. The molecule has 0 aliphatic carbocycles. The molecule has 1 unspecified atom stereocenters. The molecular weight excluding hydrogens is 950 g/mol. The van der Waals surface area contributed by atoms with E-state index < -0.39 is 223 Å². The standard InChI is InChI=1S/C38H65NO30/c1-8-16(46)21(51)25(55)35(59-8)69-32-22(52)17(47)10(3-40)63-38(32)66-28-14(7-44)64-34(15(20(28)50)39-9(2)45)67-30-18(48)11(4-41)62-37(26(30)56)68-31-19(49)12(5-42)61-36(27(31)57)65-29-13(6-43)60-33(58)24(54)23(29)53/h8,10-38,40-44,46-58H,3-7H2,1-2H3,(H,39,45)/t8-,10+,11+,12+,13+,14+,15+,16+,17-,18-,19-,20+,21+,22-,23+,24+,25-,26+,27+,28+,29+,30-,31-,32+,33?,34-,35-,36-,37+,38-/m0/s1. The molecule has 6 saturated heterocycles. The van der Waals surface area contributed by atoms with Crippen molar-refractivity contribution in [1.29, 1.82) is 0 Å². The van der Waals surface area contributed by atoms with E-state index in [1.807, 2.05) is 0 Å². The summed E-state index contributed by atoms with van der Waals surface area (Å²) < 4.78 is 62.2. The monoisotopic (exact) mass is 1020 g/mol. The van der Waals surface area contributed by atoms with E-state index in [0.29, 0.717) is 0 Å². The van der Waals surface area contributed by atoms with Crippen LogP contribution in [0.4, 0.5) is 0 Å². The molecule has 0 radical (unpaired) electrons. The zero-order valence-electron chi connectivity index (χ0n) is 36.8. The minimum absolute atomic E-state index is 0.853. The van der Waals surface area contributed by atoms with Gasteiger partial charge in [0.2, 0.25) is 5.91 Å². The normalized spacial score (nSPS) is 52.1. The van der Waals surface area contributed by atoms with E-state index in [0.717, 1.165) is 6.92 Å². The van der Waals surface area contributed by atoms with Gasteiger partial charge in [0.25, 0.3) is 0 Å². The Morgan fingerprint density at radius 3 is 1.29 bits per heavy atom. The molecule has 19 N–H and O–H groups in total. The van der Waals surface area contributed by atoms with Crippen LogP contribution in [0.15, 0.2) is 0 Å². The Morgan fingerprint density at radius 1 is 0.377 bits per heavy atom. The lowest BCUT2D eigenvalue weighted by atomic mass is 9.94. The van der Waals surface area contributed by atoms with Crippen molar-refractivity contribution in [2.45, 2.75) is 198 Å². The highest BCUT2D eigenvalue weighted by Gasteiger charge is 2.58. The lowest BCUT2D eigenvalue weighted by Crippen LogP contribution is -2.70. The molecule has 31 heteroatoms. The summed E-state index contributed by atoms with van der Waals surface area (Å²) >= 11 is 0. The summed E-state index contributed by atoms with van der Waals surface area (Å²) in [4.78, 5) is 12.6. The van der Waals surface area contributed by atoms with Gasteiger partial charge in [-0.2, -0.15) is 0 Å².